The molecule has 0 aliphatic carbocycles. The van der Waals surface area contributed by atoms with Crippen molar-refractivity contribution in [1.82, 2.24) is 14.4 Å². The average molecular weight is 456 g/mol. The predicted octanol–water partition coefficient (Wildman–Crippen LogP) is 4.98. The number of rotatable bonds is 7. The van der Waals surface area contributed by atoms with Crippen molar-refractivity contribution in [3.05, 3.63) is 102 Å². The zero-order valence-corrected chi connectivity index (χ0v) is 20.3. The lowest BCUT2D eigenvalue weighted by Gasteiger charge is -2.20. The maximum absolute atomic E-state index is 12.8. The molecule has 0 unspecified atom stereocenters. The number of aromatic nitrogens is 1. The maximum Gasteiger partial charge on any atom is 0.242 e. The normalized spacial score (nSPS) is 11.8. The first kappa shape index (κ1) is 23.6. The highest BCUT2D eigenvalue weighted by atomic mass is 16.5. The number of likely N-dealkylation sites (N-methyl/N-ethyl adjacent to an activating group) is 1. The van der Waals surface area contributed by atoms with Crippen LogP contribution in [0.15, 0.2) is 84.9 Å². The molecule has 0 saturated carbocycles. The molecule has 2 heterocycles. The highest BCUT2D eigenvalue weighted by molar-refractivity contribution is 5.84. The third-order valence-corrected chi connectivity index (χ3v) is 5.98. The van der Waals surface area contributed by atoms with Gasteiger partial charge in [0.15, 0.2) is 0 Å². The van der Waals surface area contributed by atoms with Crippen molar-refractivity contribution in [3.8, 4) is 5.75 Å². The summed E-state index contributed by atoms with van der Waals surface area (Å²) < 4.78 is 7.33. The molecule has 34 heavy (non-hydrogen) atoms. The largest absolute Gasteiger partial charge is 0.489 e. The number of ether oxygens (including phenoxy) is 1. The molecule has 3 aromatic carbocycles. The van der Waals surface area contributed by atoms with Gasteiger partial charge in [-0.2, -0.15) is 0 Å². The number of carbonyl (C=O) groups is 1. The van der Waals surface area contributed by atoms with E-state index in [2.05, 4.69) is 66.0 Å². The molecule has 5 nitrogen and oxygen atoms in total. The van der Waals surface area contributed by atoms with E-state index in [-0.39, 0.29) is 5.91 Å². The van der Waals surface area contributed by atoms with Gasteiger partial charge in [0.2, 0.25) is 5.91 Å². The van der Waals surface area contributed by atoms with Gasteiger partial charge in [-0.15, -0.1) is 0 Å². The average Bonchev–Trinajstić information content (AvgIpc) is 3.36. The number of carbonyl (C=O) groups excluding carboxylic acids is 1. The van der Waals surface area contributed by atoms with Gasteiger partial charge in [-0.3, -0.25) is 4.79 Å². The molecule has 0 saturated heterocycles. The van der Waals surface area contributed by atoms with E-state index in [1.807, 2.05) is 54.4 Å². The fourth-order valence-electron chi connectivity index (χ4n) is 4.12. The summed E-state index contributed by atoms with van der Waals surface area (Å²) in [6, 6.07) is 28.9. The molecule has 0 atom stereocenters. The van der Waals surface area contributed by atoms with E-state index in [0.29, 0.717) is 6.54 Å². The number of fused-ring (bicyclic) bond motifs is 3. The second kappa shape index (κ2) is 11.0. The molecule has 0 fully saturated rings. The minimum absolute atomic E-state index is 0.141. The van der Waals surface area contributed by atoms with Crippen LogP contribution in [-0.2, 0) is 30.9 Å². The molecule has 176 valence electrons. The molecule has 0 N–H and O–H groups in total. The summed E-state index contributed by atoms with van der Waals surface area (Å²) in [6.45, 7) is 2.69. The second-order valence-corrected chi connectivity index (χ2v) is 9.01. The van der Waals surface area contributed by atoms with E-state index in [1.54, 1.807) is 0 Å². The summed E-state index contributed by atoms with van der Waals surface area (Å²) in [5.74, 6) is 1.14. The van der Waals surface area contributed by atoms with E-state index >= 15 is 0 Å². The van der Waals surface area contributed by atoms with Crippen LogP contribution in [0.25, 0.3) is 10.9 Å². The topological polar surface area (TPSA) is 37.7 Å². The van der Waals surface area contributed by atoms with Crippen LogP contribution in [-0.4, -0.2) is 48.0 Å². The number of hydrogen-bond acceptors (Lipinski definition) is 3. The predicted molar refractivity (Wildman–Crippen MR) is 138 cm³/mol. The first-order valence-corrected chi connectivity index (χ1v) is 11.7. The third-order valence-electron chi connectivity index (χ3n) is 5.98. The van der Waals surface area contributed by atoms with Crippen molar-refractivity contribution in [1.29, 1.82) is 0 Å². The van der Waals surface area contributed by atoms with Gasteiger partial charge >= 0.3 is 0 Å². The lowest BCUT2D eigenvalue weighted by atomic mass is 10.1. The SMILES string of the molecule is CN(C)Cc1cc2ccccc2n1CC(=O)N(C)CCc1ccccc1.c1cc2cc(c1)OC2. The van der Waals surface area contributed by atoms with Gasteiger partial charge in [0.25, 0.3) is 0 Å². The van der Waals surface area contributed by atoms with Gasteiger partial charge < -0.3 is 19.1 Å². The fourth-order valence-corrected chi connectivity index (χ4v) is 4.12. The molecule has 0 radical (unpaired) electrons. The molecule has 1 amide bonds. The van der Waals surface area contributed by atoms with Crippen molar-refractivity contribution in [2.75, 3.05) is 27.7 Å². The van der Waals surface area contributed by atoms with E-state index in [0.717, 1.165) is 37.4 Å². The Bertz CT molecular complexity index is 1210. The van der Waals surface area contributed by atoms with E-state index in [1.165, 1.54) is 22.2 Å². The Hall–Kier alpha value is -3.57. The Morgan fingerprint density at radius 3 is 2.41 bits per heavy atom. The van der Waals surface area contributed by atoms with Gasteiger partial charge in [0.1, 0.15) is 18.9 Å². The van der Waals surface area contributed by atoms with Crippen molar-refractivity contribution < 1.29 is 9.53 Å². The van der Waals surface area contributed by atoms with Crippen LogP contribution in [0.5, 0.6) is 5.75 Å². The maximum atomic E-state index is 12.8. The van der Waals surface area contributed by atoms with Gasteiger partial charge in [-0.05, 0) is 61.3 Å². The Morgan fingerprint density at radius 1 is 0.912 bits per heavy atom. The summed E-state index contributed by atoms with van der Waals surface area (Å²) in [5, 5.41) is 1.18. The summed E-state index contributed by atoms with van der Waals surface area (Å²) in [7, 11) is 5.99. The van der Waals surface area contributed by atoms with Crippen LogP contribution >= 0.6 is 0 Å². The highest BCUT2D eigenvalue weighted by Crippen LogP contribution is 2.22. The number of nitrogens with zero attached hydrogens (tertiary/aromatic N) is 3. The fraction of sp³-hybridized carbons (Fsp3) is 0.276. The molecule has 2 bridgehead atoms. The summed E-state index contributed by atoms with van der Waals surface area (Å²) in [4.78, 5) is 16.8. The quantitative estimate of drug-likeness (QED) is 0.394. The summed E-state index contributed by atoms with van der Waals surface area (Å²) in [6.07, 6.45) is 0.875. The van der Waals surface area contributed by atoms with Crippen molar-refractivity contribution in [3.63, 3.8) is 0 Å². The summed E-state index contributed by atoms with van der Waals surface area (Å²) >= 11 is 0. The van der Waals surface area contributed by atoms with Crippen molar-refractivity contribution in [2.45, 2.75) is 26.1 Å². The van der Waals surface area contributed by atoms with Crippen LogP contribution in [0, 0.1) is 0 Å². The standard InChI is InChI=1S/C22H27N3O.C7H6O/c1-23(2)16-20-15-19-11-7-8-12-21(19)25(20)17-22(26)24(3)14-13-18-9-5-4-6-10-18;1-2-6-4-7(3-1)8-5-6/h4-12,15H,13-14,16-17H2,1-3H3;1-4H,5H2. The van der Waals surface area contributed by atoms with Gasteiger partial charge in [-0.25, -0.2) is 0 Å². The van der Waals surface area contributed by atoms with Crippen molar-refractivity contribution >= 4 is 16.8 Å². The minimum Gasteiger partial charge on any atom is -0.489 e. The van der Waals surface area contributed by atoms with Crippen LogP contribution in [0.2, 0.25) is 0 Å². The molecule has 5 rings (SSSR count). The third kappa shape index (κ3) is 6.06. The lowest BCUT2D eigenvalue weighted by molar-refractivity contribution is -0.130. The molecule has 5 heteroatoms. The first-order chi connectivity index (χ1) is 16.5. The first-order valence-electron chi connectivity index (χ1n) is 11.7. The van der Waals surface area contributed by atoms with E-state index < -0.39 is 0 Å². The zero-order chi connectivity index (χ0) is 23.9. The van der Waals surface area contributed by atoms with Crippen molar-refractivity contribution in [2.24, 2.45) is 0 Å². The molecule has 0 spiro atoms. The Labute approximate surface area is 202 Å². The van der Waals surface area contributed by atoms with E-state index in [9.17, 15) is 4.79 Å². The molecule has 4 aromatic rings. The molecular weight excluding hydrogens is 422 g/mol. The monoisotopic (exact) mass is 455 g/mol. The highest BCUT2D eigenvalue weighted by Gasteiger charge is 2.15. The Morgan fingerprint density at radius 2 is 1.68 bits per heavy atom. The lowest BCUT2D eigenvalue weighted by Crippen LogP contribution is -2.32. The zero-order valence-electron chi connectivity index (χ0n) is 20.3. The molecule has 1 aromatic heterocycles. The Kier molecular flexibility index (Phi) is 7.65. The molecule has 1 aliphatic heterocycles. The van der Waals surface area contributed by atoms with Gasteiger partial charge in [-0.1, -0.05) is 60.7 Å². The van der Waals surface area contributed by atoms with Crippen LogP contribution in [0.3, 0.4) is 0 Å². The van der Waals surface area contributed by atoms with Crippen LogP contribution < -0.4 is 4.74 Å². The van der Waals surface area contributed by atoms with Crippen LogP contribution in [0.4, 0.5) is 0 Å². The number of hydrogen-bond donors (Lipinski definition) is 0. The minimum atomic E-state index is 0.141. The summed E-state index contributed by atoms with van der Waals surface area (Å²) in [5.41, 5.74) is 4.82. The van der Waals surface area contributed by atoms with E-state index in [4.69, 9.17) is 4.74 Å². The second-order valence-electron chi connectivity index (χ2n) is 9.01. The van der Waals surface area contributed by atoms with Gasteiger partial charge in [0.05, 0.1) is 0 Å². The molecular formula is C29H33N3O2. The number of para-hydroxylation sites is 1. The number of benzene rings is 3. The smallest absolute Gasteiger partial charge is 0.242 e. The van der Waals surface area contributed by atoms with Gasteiger partial charge in [0, 0.05) is 31.3 Å². The molecule has 1 aliphatic rings. The van der Waals surface area contributed by atoms with Crippen LogP contribution in [0.1, 0.15) is 16.8 Å². The number of amides is 1. The Balaban J connectivity index is 0.000000285.